The van der Waals surface area contributed by atoms with Crippen molar-refractivity contribution in [3.8, 4) is 11.5 Å². The van der Waals surface area contributed by atoms with Gasteiger partial charge in [-0.3, -0.25) is 9.69 Å². The quantitative estimate of drug-likeness (QED) is 0.812. The number of likely N-dealkylation sites (tertiary alicyclic amines) is 1. The van der Waals surface area contributed by atoms with Gasteiger partial charge in [-0.1, -0.05) is 6.07 Å². The number of likely N-dealkylation sites (N-methyl/N-ethyl adjacent to an activating group) is 1. The number of carbonyl (C=O) groups is 1. The lowest BCUT2D eigenvalue weighted by molar-refractivity contribution is -0.200. The zero-order chi connectivity index (χ0) is 20.1. The Morgan fingerprint density at radius 1 is 1.31 bits per heavy atom. The summed E-state index contributed by atoms with van der Waals surface area (Å²) < 4.78 is 6.46. The summed E-state index contributed by atoms with van der Waals surface area (Å²) in [5.41, 5.74) is 0.785. The molecule has 1 aromatic carbocycles. The maximum atomic E-state index is 12.3. The molecule has 2 unspecified atom stereocenters. The van der Waals surface area contributed by atoms with Gasteiger partial charge in [0.05, 0.1) is 17.1 Å². The Balaban J connectivity index is 1.52. The molecule has 2 aliphatic heterocycles. The molecular formula is C23H30N2O4. The van der Waals surface area contributed by atoms with Crippen LogP contribution >= 0.6 is 0 Å². The third kappa shape index (κ3) is 2.12. The molecule has 6 rings (SSSR count). The highest BCUT2D eigenvalue weighted by molar-refractivity contribution is 5.74. The fourth-order valence-electron chi connectivity index (χ4n) is 7.09. The van der Waals surface area contributed by atoms with Gasteiger partial charge in [0.1, 0.15) is 6.10 Å². The smallest absolute Gasteiger partial charge is 0.219 e. The number of phenols is 1. The number of piperidine rings is 1. The van der Waals surface area contributed by atoms with Gasteiger partial charge in [-0.05, 0) is 62.6 Å². The van der Waals surface area contributed by atoms with Crippen LogP contribution in [0.3, 0.4) is 0 Å². The minimum atomic E-state index is -0.884. The van der Waals surface area contributed by atoms with Crippen LogP contribution in [-0.4, -0.2) is 69.8 Å². The summed E-state index contributed by atoms with van der Waals surface area (Å²) in [5.74, 6) is 1.49. The van der Waals surface area contributed by atoms with Crippen LogP contribution in [0.1, 0.15) is 50.2 Å². The summed E-state index contributed by atoms with van der Waals surface area (Å²) >= 11 is 0. The lowest BCUT2D eigenvalue weighted by atomic mass is 9.48. The van der Waals surface area contributed by atoms with Gasteiger partial charge in [0.25, 0.3) is 0 Å². The van der Waals surface area contributed by atoms with Crippen LogP contribution in [0.15, 0.2) is 12.1 Å². The molecule has 29 heavy (non-hydrogen) atoms. The number of hydrogen-bond donors (Lipinski definition) is 2. The molecule has 5 atom stereocenters. The van der Waals surface area contributed by atoms with Crippen molar-refractivity contribution in [3.05, 3.63) is 23.3 Å². The molecule has 156 valence electrons. The highest BCUT2D eigenvalue weighted by Crippen LogP contribution is 2.65. The average molecular weight is 399 g/mol. The molecule has 6 heteroatoms. The Labute approximate surface area is 171 Å². The van der Waals surface area contributed by atoms with Crippen LogP contribution in [0.5, 0.6) is 11.5 Å². The van der Waals surface area contributed by atoms with E-state index >= 15 is 0 Å². The Morgan fingerprint density at radius 2 is 2.10 bits per heavy atom. The second kappa shape index (κ2) is 5.67. The molecule has 1 amide bonds. The van der Waals surface area contributed by atoms with Crippen molar-refractivity contribution in [2.75, 3.05) is 20.1 Å². The monoisotopic (exact) mass is 398 g/mol. The van der Waals surface area contributed by atoms with Crippen molar-refractivity contribution in [2.45, 2.75) is 74.7 Å². The van der Waals surface area contributed by atoms with E-state index in [0.29, 0.717) is 12.2 Å². The van der Waals surface area contributed by atoms with Gasteiger partial charge >= 0.3 is 0 Å². The Hall–Kier alpha value is -1.79. The van der Waals surface area contributed by atoms with Gasteiger partial charge in [-0.15, -0.1) is 0 Å². The molecule has 2 saturated carbocycles. The molecule has 5 aliphatic rings. The number of amides is 1. The number of hydrogen-bond acceptors (Lipinski definition) is 5. The van der Waals surface area contributed by atoms with E-state index in [1.54, 1.807) is 17.9 Å². The first kappa shape index (κ1) is 18.0. The third-order valence-electron chi connectivity index (χ3n) is 8.73. The molecule has 1 aromatic rings. The molecule has 6 nitrogen and oxygen atoms in total. The normalized spacial score (nSPS) is 39.6. The van der Waals surface area contributed by atoms with Crippen molar-refractivity contribution in [2.24, 2.45) is 5.92 Å². The summed E-state index contributed by atoms with van der Waals surface area (Å²) in [6.45, 7) is 3.60. The molecule has 0 radical (unpaired) electrons. The maximum Gasteiger partial charge on any atom is 0.219 e. The SMILES string of the molecule is CC(=O)N(C)C1CC[C@@]2(O)[C@H]3Cc4ccc(O)c5c4C2(CCN3CC2CC2)[C@H]1O5. The van der Waals surface area contributed by atoms with Crippen LogP contribution in [0.2, 0.25) is 0 Å². The second-order valence-corrected chi connectivity index (χ2v) is 10.0. The average Bonchev–Trinajstić information content (AvgIpc) is 3.42. The lowest BCUT2D eigenvalue weighted by Crippen LogP contribution is -2.78. The standard InChI is InChI=1S/C23H30N2O4/c1-13(26)24(2)16-7-8-23(28)18-11-15-5-6-17(27)20-19(15)22(23,21(16)29-20)9-10-25(18)12-14-3-4-14/h5-6,14,16,18,21,27-28H,3-4,7-12H2,1-2H3/t16?,18-,21+,22?,23-/m1/s1. The number of benzene rings is 1. The van der Waals surface area contributed by atoms with Gasteiger partial charge in [0, 0.05) is 32.1 Å². The number of phenolic OH excluding ortho intramolecular Hbond substituents is 1. The van der Waals surface area contributed by atoms with E-state index in [1.165, 1.54) is 18.4 Å². The molecule has 0 aromatic heterocycles. The van der Waals surface area contributed by atoms with Crippen LogP contribution < -0.4 is 4.74 Å². The summed E-state index contributed by atoms with van der Waals surface area (Å²) in [6, 6.07) is 3.74. The first-order valence-corrected chi connectivity index (χ1v) is 11.1. The highest BCUT2D eigenvalue weighted by atomic mass is 16.5. The van der Waals surface area contributed by atoms with E-state index in [4.69, 9.17) is 4.74 Å². The predicted molar refractivity (Wildman–Crippen MR) is 107 cm³/mol. The fraction of sp³-hybridized carbons (Fsp3) is 0.696. The van der Waals surface area contributed by atoms with Gasteiger partial charge < -0.3 is 19.8 Å². The first-order chi connectivity index (χ1) is 13.9. The van der Waals surface area contributed by atoms with Crippen molar-refractivity contribution < 1.29 is 19.7 Å². The molecule has 2 N–H and O–H groups in total. The van der Waals surface area contributed by atoms with Gasteiger partial charge in [-0.25, -0.2) is 0 Å². The first-order valence-electron chi connectivity index (χ1n) is 11.1. The Morgan fingerprint density at radius 3 is 2.83 bits per heavy atom. The van der Waals surface area contributed by atoms with Crippen molar-refractivity contribution >= 4 is 5.91 Å². The summed E-state index contributed by atoms with van der Waals surface area (Å²) in [7, 11) is 1.84. The van der Waals surface area contributed by atoms with E-state index in [0.717, 1.165) is 43.8 Å². The molecule has 2 bridgehead atoms. The Bertz CT molecular complexity index is 899. The van der Waals surface area contributed by atoms with E-state index in [2.05, 4.69) is 4.90 Å². The number of ether oxygens (including phenoxy) is 1. The number of rotatable bonds is 3. The molecule has 3 fully saturated rings. The molecule has 1 saturated heterocycles. The van der Waals surface area contributed by atoms with Crippen molar-refractivity contribution in [1.29, 1.82) is 0 Å². The zero-order valence-electron chi connectivity index (χ0n) is 17.2. The number of carbonyl (C=O) groups excluding carboxylic acids is 1. The number of aliphatic hydroxyl groups is 1. The highest BCUT2D eigenvalue weighted by Gasteiger charge is 2.73. The molecule has 2 heterocycles. The second-order valence-electron chi connectivity index (χ2n) is 10.0. The largest absolute Gasteiger partial charge is 0.504 e. The molecular weight excluding hydrogens is 368 g/mol. The van der Waals surface area contributed by atoms with Crippen LogP contribution in [0, 0.1) is 5.92 Å². The van der Waals surface area contributed by atoms with Crippen LogP contribution in [0.25, 0.3) is 0 Å². The van der Waals surface area contributed by atoms with E-state index in [1.807, 2.05) is 13.1 Å². The maximum absolute atomic E-state index is 12.3. The van der Waals surface area contributed by atoms with Crippen LogP contribution in [-0.2, 0) is 16.6 Å². The van der Waals surface area contributed by atoms with Crippen molar-refractivity contribution in [3.63, 3.8) is 0 Å². The third-order valence-corrected chi connectivity index (χ3v) is 8.73. The summed E-state index contributed by atoms with van der Waals surface area (Å²) in [4.78, 5) is 16.5. The van der Waals surface area contributed by atoms with Gasteiger partial charge in [0.2, 0.25) is 5.91 Å². The van der Waals surface area contributed by atoms with Gasteiger partial charge in [-0.2, -0.15) is 0 Å². The van der Waals surface area contributed by atoms with Crippen LogP contribution in [0.4, 0.5) is 0 Å². The lowest BCUT2D eigenvalue weighted by Gasteiger charge is -2.64. The minimum Gasteiger partial charge on any atom is -0.504 e. The Kier molecular flexibility index (Phi) is 3.52. The molecule has 1 spiro atoms. The number of aromatic hydroxyl groups is 1. The number of nitrogens with zero attached hydrogens (tertiary/aromatic N) is 2. The molecule has 3 aliphatic carbocycles. The topological polar surface area (TPSA) is 73.2 Å². The van der Waals surface area contributed by atoms with Gasteiger partial charge in [0.15, 0.2) is 11.5 Å². The zero-order valence-corrected chi connectivity index (χ0v) is 17.2. The minimum absolute atomic E-state index is 0.0133. The summed E-state index contributed by atoms with van der Waals surface area (Å²) in [6.07, 6.45) is 5.28. The predicted octanol–water partition coefficient (Wildman–Crippen LogP) is 1.80. The fourth-order valence-corrected chi connectivity index (χ4v) is 7.09. The van der Waals surface area contributed by atoms with E-state index < -0.39 is 11.0 Å². The van der Waals surface area contributed by atoms with Crippen molar-refractivity contribution in [1.82, 2.24) is 9.80 Å². The van der Waals surface area contributed by atoms with E-state index in [-0.39, 0.29) is 29.8 Å². The van der Waals surface area contributed by atoms with E-state index in [9.17, 15) is 15.0 Å². The summed E-state index contributed by atoms with van der Waals surface area (Å²) in [5, 5.41) is 22.9.